The van der Waals surface area contributed by atoms with Gasteiger partial charge >= 0.3 is 6.18 Å². The number of halogens is 4. The van der Waals surface area contributed by atoms with Gasteiger partial charge in [0.1, 0.15) is 6.54 Å². The van der Waals surface area contributed by atoms with Crippen molar-refractivity contribution < 1.29 is 18.0 Å². The molecule has 1 aliphatic rings. The van der Waals surface area contributed by atoms with E-state index in [1.54, 1.807) is 13.0 Å². The van der Waals surface area contributed by atoms with Gasteiger partial charge in [-0.1, -0.05) is 23.7 Å². The topological polar surface area (TPSA) is 20.3 Å². The normalized spacial score (nSPS) is 22.9. The van der Waals surface area contributed by atoms with Crippen molar-refractivity contribution in [2.45, 2.75) is 51.2 Å². The molecular weight excluding hydrogens is 327 g/mol. The number of carbonyl (C=O) groups excluding carboxylic acids is 1. The zero-order valence-corrected chi connectivity index (χ0v) is 14.0. The highest BCUT2D eigenvalue weighted by Gasteiger charge is 2.38. The molecule has 0 aliphatic heterocycles. The third-order valence-corrected chi connectivity index (χ3v) is 4.96. The van der Waals surface area contributed by atoms with E-state index in [2.05, 4.69) is 0 Å². The molecule has 128 valence electrons. The van der Waals surface area contributed by atoms with Gasteiger partial charge in [0.25, 0.3) is 0 Å². The summed E-state index contributed by atoms with van der Waals surface area (Å²) in [6.45, 7) is 1.74. The molecule has 2 rings (SSSR count). The van der Waals surface area contributed by atoms with Crippen molar-refractivity contribution in [1.29, 1.82) is 0 Å². The van der Waals surface area contributed by atoms with Crippen molar-refractivity contribution in [3.05, 3.63) is 34.9 Å². The van der Waals surface area contributed by atoms with Crippen molar-refractivity contribution in [1.82, 2.24) is 4.90 Å². The summed E-state index contributed by atoms with van der Waals surface area (Å²) in [4.78, 5) is 12.6. The molecule has 0 radical (unpaired) electrons. The van der Waals surface area contributed by atoms with Crippen LogP contribution < -0.4 is 0 Å². The third-order valence-electron chi connectivity index (χ3n) is 4.72. The summed E-state index contributed by atoms with van der Waals surface area (Å²) in [5.41, 5.74) is 1.12. The number of amides is 1. The molecule has 6 heteroatoms. The summed E-state index contributed by atoms with van der Waals surface area (Å²) < 4.78 is 38.1. The molecule has 3 atom stereocenters. The zero-order valence-electron chi connectivity index (χ0n) is 13.2. The minimum absolute atomic E-state index is 0.0743. The smallest absolute Gasteiger partial charge is 0.331 e. The highest BCUT2D eigenvalue weighted by Crippen LogP contribution is 2.41. The van der Waals surface area contributed by atoms with Crippen LogP contribution in [0, 0.1) is 5.92 Å². The van der Waals surface area contributed by atoms with Gasteiger partial charge in [-0.05, 0) is 55.7 Å². The fraction of sp³-hybridized carbons (Fsp3) is 0.588. The first kappa shape index (κ1) is 18.1. The molecule has 1 fully saturated rings. The van der Waals surface area contributed by atoms with Gasteiger partial charge in [-0.25, -0.2) is 0 Å². The Morgan fingerprint density at radius 1 is 1.39 bits per heavy atom. The van der Waals surface area contributed by atoms with Crippen LogP contribution in [0.5, 0.6) is 0 Å². The summed E-state index contributed by atoms with van der Waals surface area (Å²) in [6, 6.07) is 7.19. The highest BCUT2D eigenvalue weighted by molar-refractivity contribution is 6.30. The van der Waals surface area contributed by atoms with Crippen LogP contribution in [-0.2, 0) is 4.79 Å². The predicted molar refractivity (Wildman–Crippen MR) is 84.4 cm³/mol. The van der Waals surface area contributed by atoms with E-state index in [1.807, 2.05) is 18.2 Å². The maximum Gasteiger partial charge on any atom is 0.406 e. The number of alkyl halides is 3. The summed E-state index contributed by atoms with van der Waals surface area (Å²) in [6.07, 6.45) is -1.86. The molecule has 1 aromatic carbocycles. The Balaban J connectivity index is 2.05. The Bertz CT molecular complexity index is 561. The molecule has 0 bridgehead atoms. The molecule has 0 unspecified atom stereocenters. The SMILES string of the molecule is CC(=O)N(CC(F)(F)F)[C@@H](C)[C@H]1CC[C@@H](c2cccc(Cl)c2)C1. The number of rotatable bonds is 4. The Morgan fingerprint density at radius 3 is 2.65 bits per heavy atom. The number of benzene rings is 1. The van der Waals surface area contributed by atoms with E-state index in [1.165, 1.54) is 6.92 Å². The fourth-order valence-electron chi connectivity index (χ4n) is 3.51. The van der Waals surface area contributed by atoms with E-state index in [-0.39, 0.29) is 5.92 Å². The Hall–Kier alpha value is -1.23. The Labute approximate surface area is 139 Å². The van der Waals surface area contributed by atoms with Crippen molar-refractivity contribution in [3.8, 4) is 0 Å². The van der Waals surface area contributed by atoms with Gasteiger partial charge in [0.05, 0.1) is 0 Å². The van der Waals surface area contributed by atoms with Gasteiger partial charge in [-0.3, -0.25) is 4.79 Å². The molecule has 23 heavy (non-hydrogen) atoms. The van der Waals surface area contributed by atoms with Crippen molar-refractivity contribution in [3.63, 3.8) is 0 Å². The number of carbonyl (C=O) groups is 1. The largest absolute Gasteiger partial charge is 0.406 e. The molecule has 0 heterocycles. The third kappa shape index (κ3) is 4.87. The quantitative estimate of drug-likeness (QED) is 0.748. The van der Waals surface area contributed by atoms with Crippen LogP contribution in [-0.4, -0.2) is 29.6 Å². The van der Waals surface area contributed by atoms with Crippen LogP contribution >= 0.6 is 11.6 Å². The van der Waals surface area contributed by atoms with E-state index in [0.717, 1.165) is 29.7 Å². The molecule has 1 aromatic rings. The lowest BCUT2D eigenvalue weighted by atomic mass is 9.93. The fourth-order valence-corrected chi connectivity index (χ4v) is 3.71. The lowest BCUT2D eigenvalue weighted by molar-refractivity contribution is -0.165. The number of nitrogens with zero attached hydrogens (tertiary/aromatic N) is 1. The summed E-state index contributed by atoms with van der Waals surface area (Å²) in [5, 5.41) is 0.668. The van der Waals surface area contributed by atoms with Crippen molar-refractivity contribution in [2.75, 3.05) is 6.54 Å². The molecule has 2 nitrogen and oxygen atoms in total. The maximum atomic E-state index is 12.7. The molecule has 0 spiro atoms. The number of hydrogen-bond donors (Lipinski definition) is 0. The molecule has 0 aromatic heterocycles. The van der Waals surface area contributed by atoms with Crippen LogP contribution in [0.15, 0.2) is 24.3 Å². The van der Waals surface area contributed by atoms with Crippen LogP contribution in [0.4, 0.5) is 13.2 Å². The molecular formula is C17H21ClF3NO. The average Bonchev–Trinajstić information content (AvgIpc) is 2.92. The minimum atomic E-state index is -4.37. The lowest BCUT2D eigenvalue weighted by Gasteiger charge is -2.33. The Kier molecular flexibility index (Phi) is 5.61. The van der Waals surface area contributed by atoms with Gasteiger partial charge in [-0.2, -0.15) is 13.2 Å². The van der Waals surface area contributed by atoms with E-state index >= 15 is 0 Å². The van der Waals surface area contributed by atoms with Crippen LogP contribution in [0.1, 0.15) is 44.6 Å². The summed E-state index contributed by atoms with van der Waals surface area (Å²) in [5.74, 6) is -0.160. The summed E-state index contributed by atoms with van der Waals surface area (Å²) in [7, 11) is 0. The molecule has 1 amide bonds. The van der Waals surface area contributed by atoms with Crippen LogP contribution in [0.25, 0.3) is 0 Å². The summed E-state index contributed by atoms with van der Waals surface area (Å²) >= 11 is 6.01. The predicted octanol–water partition coefficient (Wildman–Crippen LogP) is 5.02. The highest BCUT2D eigenvalue weighted by atomic mass is 35.5. The van der Waals surface area contributed by atoms with Gasteiger partial charge in [-0.15, -0.1) is 0 Å². The van der Waals surface area contributed by atoms with Gasteiger partial charge < -0.3 is 4.90 Å². The van der Waals surface area contributed by atoms with E-state index < -0.39 is 24.7 Å². The lowest BCUT2D eigenvalue weighted by Crippen LogP contribution is -2.46. The van der Waals surface area contributed by atoms with Gasteiger partial charge in [0.2, 0.25) is 5.91 Å². The minimum Gasteiger partial charge on any atom is -0.331 e. The first-order chi connectivity index (χ1) is 10.7. The van der Waals surface area contributed by atoms with E-state index in [9.17, 15) is 18.0 Å². The first-order valence-electron chi connectivity index (χ1n) is 7.77. The average molecular weight is 348 g/mol. The molecule has 1 saturated carbocycles. The van der Waals surface area contributed by atoms with E-state index in [0.29, 0.717) is 10.9 Å². The van der Waals surface area contributed by atoms with Gasteiger partial charge in [0.15, 0.2) is 0 Å². The first-order valence-corrected chi connectivity index (χ1v) is 8.14. The maximum absolute atomic E-state index is 12.7. The van der Waals surface area contributed by atoms with Crippen molar-refractivity contribution in [2.24, 2.45) is 5.92 Å². The van der Waals surface area contributed by atoms with Crippen LogP contribution in [0.2, 0.25) is 5.02 Å². The second kappa shape index (κ2) is 7.12. The molecule has 1 aliphatic carbocycles. The molecule has 0 saturated heterocycles. The standard InChI is InChI=1S/C17H21ClF3NO/c1-11(22(12(2)23)10-17(19,20)21)13-6-7-15(8-13)14-4-3-5-16(18)9-14/h3-5,9,11,13,15H,6-8,10H2,1-2H3/t11-,13-,15+/m0/s1. The number of hydrogen-bond acceptors (Lipinski definition) is 1. The van der Waals surface area contributed by atoms with E-state index in [4.69, 9.17) is 11.6 Å². The monoisotopic (exact) mass is 347 g/mol. The second-order valence-electron chi connectivity index (χ2n) is 6.33. The second-order valence-corrected chi connectivity index (χ2v) is 6.76. The van der Waals surface area contributed by atoms with Gasteiger partial charge in [0, 0.05) is 18.0 Å². The molecule has 0 N–H and O–H groups in total. The van der Waals surface area contributed by atoms with Crippen LogP contribution in [0.3, 0.4) is 0 Å². The zero-order chi connectivity index (χ0) is 17.2. The van der Waals surface area contributed by atoms with Crippen molar-refractivity contribution >= 4 is 17.5 Å². The Morgan fingerprint density at radius 2 is 2.09 bits per heavy atom.